The monoisotopic (exact) mass is 377 g/mol. The minimum Gasteiger partial charge on any atom is -0.356 e. The molecule has 3 heterocycles. The molecule has 6 nitrogen and oxygen atoms in total. The van der Waals surface area contributed by atoms with Gasteiger partial charge in [-0.2, -0.15) is 0 Å². The zero-order valence-corrected chi connectivity index (χ0v) is 16.9. The van der Waals surface area contributed by atoms with E-state index in [9.17, 15) is 4.79 Å². The highest BCUT2D eigenvalue weighted by Gasteiger charge is 2.40. The molecule has 1 aromatic rings. The van der Waals surface area contributed by atoms with E-state index >= 15 is 0 Å². The lowest BCUT2D eigenvalue weighted by atomic mass is 9.86. The van der Waals surface area contributed by atoms with Gasteiger partial charge < -0.3 is 5.32 Å². The number of aromatic nitrogens is 2. The minimum atomic E-state index is 0.105. The minimum absolute atomic E-state index is 0.105. The maximum Gasteiger partial charge on any atom is 0.220 e. The second kappa shape index (κ2) is 9.15. The molecule has 144 valence electrons. The molecule has 2 aliphatic rings. The molecule has 0 radical (unpaired) electrons. The van der Waals surface area contributed by atoms with Crippen LogP contribution >= 0.6 is 11.8 Å². The van der Waals surface area contributed by atoms with Gasteiger partial charge in [-0.15, -0.1) is 0 Å². The number of likely N-dealkylation sites (N-methyl/N-ethyl adjacent to an activating group) is 1. The Balaban J connectivity index is 1.58. The van der Waals surface area contributed by atoms with E-state index in [1.807, 2.05) is 12.4 Å². The van der Waals surface area contributed by atoms with Gasteiger partial charge in [-0.05, 0) is 26.3 Å². The van der Waals surface area contributed by atoms with Crippen LogP contribution in [0.1, 0.15) is 44.6 Å². The molecule has 2 saturated heterocycles. The van der Waals surface area contributed by atoms with E-state index in [-0.39, 0.29) is 11.4 Å². The van der Waals surface area contributed by atoms with Crippen LogP contribution in [0.25, 0.3) is 0 Å². The zero-order valence-electron chi connectivity index (χ0n) is 16.0. The highest BCUT2D eigenvalue weighted by Crippen LogP contribution is 2.31. The van der Waals surface area contributed by atoms with Gasteiger partial charge in [-0.1, -0.05) is 25.1 Å². The van der Waals surface area contributed by atoms with Crippen LogP contribution in [0.5, 0.6) is 0 Å². The van der Waals surface area contributed by atoms with Crippen LogP contribution in [0, 0.1) is 0 Å². The van der Waals surface area contributed by atoms with Crippen LogP contribution in [-0.4, -0.2) is 70.2 Å². The topological polar surface area (TPSA) is 61.4 Å². The first-order valence-electron chi connectivity index (χ1n) is 9.75. The van der Waals surface area contributed by atoms with Crippen LogP contribution in [0.4, 0.5) is 0 Å². The highest BCUT2D eigenvalue weighted by atomic mass is 32.2. The Hall–Kier alpha value is -1.18. The molecule has 1 spiro atoms. The van der Waals surface area contributed by atoms with Crippen molar-refractivity contribution < 1.29 is 4.79 Å². The predicted octanol–water partition coefficient (Wildman–Crippen LogP) is 2.16. The molecule has 0 unspecified atom stereocenters. The Morgan fingerprint density at radius 3 is 2.85 bits per heavy atom. The molecule has 2 fully saturated rings. The van der Waals surface area contributed by atoms with Crippen molar-refractivity contribution in [2.24, 2.45) is 0 Å². The number of piperazine rings is 1. The molecule has 26 heavy (non-hydrogen) atoms. The third-order valence-electron chi connectivity index (χ3n) is 5.63. The predicted molar refractivity (Wildman–Crippen MR) is 105 cm³/mol. The summed E-state index contributed by atoms with van der Waals surface area (Å²) in [6.07, 6.45) is 8.96. The summed E-state index contributed by atoms with van der Waals surface area (Å²) in [7, 11) is 2.21. The molecule has 7 heteroatoms. The molecule has 0 saturated carbocycles. The van der Waals surface area contributed by atoms with Crippen molar-refractivity contribution in [1.82, 2.24) is 25.1 Å². The van der Waals surface area contributed by atoms with E-state index in [1.54, 1.807) is 11.8 Å². The number of hydrogen-bond donors (Lipinski definition) is 1. The van der Waals surface area contributed by atoms with Gasteiger partial charge in [0.25, 0.3) is 0 Å². The Kier molecular flexibility index (Phi) is 6.89. The lowest BCUT2D eigenvalue weighted by Crippen LogP contribution is -2.60. The Bertz CT molecular complexity index is 596. The summed E-state index contributed by atoms with van der Waals surface area (Å²) >= 11 is 1.74. The number of amides is 1. The molecule has 1 atom stereocenters. The molecule has 2 aliphatic heterocycles. The largest absolute Gasteiger partial charge is 0.356 e. The van der Waals surface area contributed by atoms with E-state index in [0.29, 0.717) is 6.42 Å². The molecule has 0 aromatic carbocycles. The summed E-state index contributed by atoms with van der Waals surface area (Å²) < 4.78 is 0. The molecule has 0 aliphatic carbocycles. The van der Waals surface area contributed by atoms with Crippen molar-refractivity contribution in [3.63, 3.8) is 0 Å². The smallest absolute Gasteiger partial charge is 0.220 e. The Morgan fingerprint density at radius 2 is 2.08 bits per heavy atom. The summed E-state index contributed by atoms with van der Waals surface area (Å²) in [5.74, 6) is 1.28. The number of nitrogens with one attached hydrogen (secondary N) is 1. The summed E-state index contributed by atoms with van der Waals surface area (Å²) in [5.41, 5.74) is 1.28. The van der Waals surface area contributed by atoms with E-state index in [2.05, 4.69) is 39.1 Å². The second-order valence-corrected chi connectivity index (χ2v) is 8.59. The van der Waals surface area contributed by atoms with Gasteiger partial charge in [0.1, 0.15) is 0 Å². The fourth-order valence-electron chi connectivity index (χ4n) is 3.88. The zero-order chi connectivity index (χ0) is 18.4. The SMILES string of the molecule is CCCCSc1ncc(CN2CCN(C)[C@@]3(CCNC(=O)CC3)C2)cn1. The van der Waals surface area contributed by atoms with E-state index in [1.165, 1.54) is 18.4 Å². The van der Waals surface area contributed by atoms with Crippen molar-refractivity contribution in [3.8, 4) is 0 Å². The number of hydrogen-bond acceptors (Lipinski definition) is 6. The Morgan fingerprint density at radius 1 is 1.27 bits per heavy atom. The summed E-state index contributed by atoms with van der Waals surface area (Å²) in [4.78, 5) is 25.8. The highest BCUT2D eigenvalue weighted by molar-refractivity contribution is 7.99. The van der Waals surface area contributed by atoms with E-state index in [4.69, 9.17) is 0 Å². The molecule has 1 aromatic heterocycles. The van der Waals surface area contributed by atoms with Gasteiger partial charge in [-0.3, -0.25) is 14.6 Å². The van der Waals surface area contributed by atoms with Gasteiger partial charge in [0, 0.05) is 68.4 Å². The van der Waals surface area contributed by atoms with Crippen LogP contribution in [0.2, 0.25) is 0 Å². The van der Waals surface area contributed by atoms with Crippen molar-refractivity contribution in [2.45, 2.75) is 56.3 Å². The fraction of sp³-hybridized carbons (Fsp3) is 0.737. The van der Waals surface area contributed by atoms with Crippen LogP contribution in [-0.2, 0) is 11.3 Å². The molecule has 1 amide bonds. The van der Waals surface area contributed by atoms with Gasteiger partial charge in [0.2, 0.25) is 5.91 Å². The first-order valence-corrected chi connectivity index (χ1v) is 10.7. The number of nitrogens with zero attached hydrogens (tertiary/aromatic N) is 4. The second-order valence-electron chi connectivity index (χ2n) is 7.53. The summed E-state index contributed by atoms with van der Waals surface area (Å²) in [6.45, 7) is 6.96. The number of carbonyl (C=O) groups is 1. The Labute approximate surface area is 161 Å². The fourth-order valence-corrected chi connectivity index (χ4v) is 4.75. The first kappa shape index (κ1) is 19.6. The average molecular weight is 378 g/mol. The molecular formula is C19H31N5OS. The van der Waals surface area contributed by atoms with Crippen LogP contribution in [0.15, 0.2) is 17.6 Å². The van der Waals surface area contributed by atoms with Gasteiger partial charge in [-0.25, -0.2) is 9.97 Å². The van der Waals surface area contributed by atoms with Crippen molar-refractivity contribution in [2.75, 3.05) is 39.0 Å². The maximum absolute atomic E-state index is 11.8. The van der Waals surface area contributed by atoms with Crippen LogP contribution < -0.4 is 5.32 Å². The third kappa shape index (κ3) is 4.96. The quantitative estimate of drug-likeness (QED) is 0.466. The molecule has 3 rings (SSSR count). The summed E-state index contributed by atoms with van der Waals surface area (Å²) in [5, 5.41) is 3.90. The first-order chi connectivity index (χ1) is 12.6. The molecule has 1 N–H and O–H groups in total. The lowest BCUT2D eigenvalue weighted by molar-refractivity contribution is -0.121. The standard InChI is InChI=1S/C19H31N5OS/c1-3-4-11-26-18-21-12-16(13-22-18)14-24-10-9-23(2)19(15-24)6-5-17(25)20-8-7-19/h12-13H,3-11,14-15H2,1-2H3,(H,20,25)/t19-/m0/s1. The third-order valence-corrected chi connectivity index (χ3v) is 6.59. The lowest BCUT2D eigenvalue weighted by Gasteiger charge is -2.49. The normalized spacial score (nSPS) is 25.2. The van der Waals surface area contributed by atoms with Crippen molar-refractivity contribution in [3.05, 3.63) is 18.0 Å². The van der Waals surface area contributed by atoms with Crippen molar-refractivity contribution in [1.29, 1.82) is 0 Å². The molecular weight excluding hydrogens is 346 g/mol. The average Bonchev–Trinajstić information content (AvgIpc) is 2.82. The van der Waals surface area contributed by atoms with Gasteiger partial charge >= 0.3 is 0 Å². The van der Waals surface area contributed by atoms with Gasteiger partial charge in [0.05, 0.1) is 0 Å². The number of carbonyl (C=O) groups excluding carboxylic acids is 1. The van der Waals surface area contributed by atoms with Crippen molar-refractivity contribution >= 4 is 17.7 Å². The number of unbranched alkanes of at least 4 members (excludes halogenated alkanes) is 1. The van der Waals surface area contributed by atoms with Gasteiger partial charge in [0.15, 0.2) is 5.16 Å². The summed E-state index contributed by atoms with van der Waals surface area (Å²) in [6, 6.07) is 0. The van der Waals surface area contributed by atoms with Crippen LogP contribution in [0.3, 0.4) is 0 Å². The number of rotatable bonds is 6. The maximum atomic E-state index is 11.8. The van der Waals surface area contributed by atoms with E-state index < -0.39 is 0 Å². The van der Waals surface area contributed by atoms with E-state index in [0.717, 1.165) is 56.5 Å². The molecule has 0 bridgehead atoms. The number of thioether (sulfide) groups is 1.